The third-order valence-electron chi connectivity index (χ3n) is 10.2. The number of hydrogen-bond acceptors (Lipinski definition) is 7. The Morgan fingerprint density at radius 3 is 1.94 bits per heavy atom. The monoisotopic (exact) mass is 712 g/mol. The molecule has 0 saturated heterocycles. The maximum atomic E-state index is 13.9. The van der Waals surface area contributed by atoms with Crippen molar-refractivity contribution < 1.29 is 32.7 Å². The molecule has 49 heavy (non-hydrogen) atoms. The molecule has 1 aliphatic rings. The molecule has 1 aromatic rings. The Bertz CT molecular complexity index is 1330. The highest BCUT2D eigenvalue weighted by Crippen LogP contribution is 2.41. The van der Waals surface area contributed by atoms with Gasteiger partial charge in [0, 0.05) is 6.42 Å². The lowest BCUT2D eigenvalue weighted by Gasteiger charge is -2.42. The second-order valence-corrected chi connectivity index (χ2v) is 25.8. The number of esters is 1. The molecule has 4 atom stereocenters. The van der Waals surface area contributed by atoms with Gasteiger partial charge < -0.3 is 23.1 Å². The van der Waals surface area contributed by atoms with Crippen LogP contribution in [0.4, 0.5) is 0 Å². The van der Waals surface area contributed by atoms with Crippen molar-refractivity contribution in [3.63, 3.8) is 0 Å². The molecule has 0 fully saturated rings. The topological polar surface area (TPSA) is 80.3 Å². The van der Waals surface area contributed by atoms with E-state index < -0.39 is 28.7 Å². The lowest BCUT2D eigenvalue weighted by Crippen LogP contribution is -2.47. The fraction of sp³-hybridized carbons (Fsp3) is 0.600. The Kier molecular flexibility index (Phi) is 16.2. The van der Waals surface area contributed by atoms with Crippen molar-refractivity contribution in [1.29, 1.82) is 0 Å². The van der Waals surface area contributed by atoms with E-state index in [9.17, 15) is 9.59 Å². The van der Waals surface area contributed by atoms with Gasteiger partial charge in [-0.2, -0.15) is 0 Å². The van der Waals surface area contributed by atoms with Gasteiger partial charge in [0.05, 0.1) is 39.1 Å². The summed E-state index contributed by atoms with van der Waals surface area (Å²) in [5.41, 5.74) is 1.08. The first-order valence-electron chi connectivity index (χ1n) is 17.6. The average molecular weight is 713 g/mol. The molecule has 2 rings (SSSR count). The zero-order chi connectivity index (χ0) is 37.0. The molecule has 274 valence electrons. The van der Waals surface area contributed by atoms with Crippen LogP contribution < -0.4 is 4.74 Å². The molecule has 0 saturated carbocycles. The minimum absolute atomic E-state index is 0.00737. The van der Waals surface area contributed by atoms with E-state index in [0.717, 1.165) is 11.3 Å². The first-order chi connectivity index (χ1) is 22.7. The summed E-state index contributed by atoms with van der Waals surface area (Å²) in [5, 5.41) is -0.0517. The number of Topliss-reactive ketones (excluding diaryl/α,β-unsaturated/α-hetero) is 1. The number of carbonyl (C=O) groups excluding carboxylic acids is 2. The number of rotatable bonds is 9. The molecule has 2 unspecified atom stereocenters. The van der Waals surface area contributed by atoms with Crippen LogP contribution in [0.3, 0.4) is 0 Å². The van der Waals surface area contributed by atoms with Gasteiger partial charge in [0.15, 0.2) is 22.4 Å². The molecule has 0 radical (unpaired) electrons. The Morgan fingerprint density at radius 2 is 1.39 bits per heavy atom. The van der Waals surface area contributed by atoms with Gasteiger partial charge >= 0.3 is 5.97 Å². The minimum Gasteiger partial charge on any atom is -0.497 e. The van der Waals surface area contributed by atoms with Crippen molar-refractivity contribution in [2.45, 2.75) is 135 Å². The van der Waals surface area contributed by atoms with Gasteiger partial charge in [-0.3, -0.25) is 4.79 Å². The standard InChI is InChI=1S/C40H64O7Si2/c1-30-19-17-18-21-35(38(42)44-9)36(41)28-34(47-49(12,13)40(5,6)7)27-33(46-48(10,11)39(2,3)4)20-15-14-16-22-37(30)45-29-31-23-25-32(43-8)26-24-31/h14-18,21-26,30,33-34,37H,19-20,27-29H2,1-13H3/b15-14-,18-17+,22-16+,35-21+/t30-,33?,34?,37-/m1/s1. The van der Waals surface area contributed by atoms with Crippen molar-refractivity contribution in [2.24, 2.45) is 5.92 Å². The quantitative estimate of drug-likeness (QED) is 0.143. The Hall–Kier alpha value is -2.57. The summed E-state index contributed by atoms with van der Waals surface area (Å²) in [6.07, 6.45) is 14.9. The van der Waals surface area contributed by atoms with Crippen LogP contribution in [0.25, 0.3) is 0 Å². The van der Waals surface area contributed by atoms with Gasteiger partial charge in [-0.15, -0.1) is 0 Å². The van der Waals surface area contributed by atoms with Crippen molar-refractivity contribution in [2.75, 3.05) is 14.2 Å². The highest BCUT2D eigenvalue weighted by molar-refractivity contribution is 6.74. The van der Waals surface area contributed by atoms with Gasteiger partial charge in [0.1, 0.15) is 11.3 Å². The van der Waals surface area contributed by atoms with E-state index in [1.165, 1.54) is 7.11 Å². The van der Waals surface area contributed by atoms with E-state index in [1.807, 2.05) is 30.3 Å². The molecule has 0 bridgehead atoms. The average Bonchev–Trinajstić information content (AvgIpc) is 3.00. The summed E-state index contributed by atoms with van der Waals surface area (Å²) in [6, 6.07) is 7.88. The maximum Gasteiger partial charge on any atom is 0.341 e. The molecule has 9 heteroatoms. The normalized spacial score (nSPS) is 25.4. The summed E-state index contributed by atoms with van der Waals surface area (Å²) in [7, 11) is -1.50. The Balaban J connectivity index is 2.54. The first-order valence-corrected chi connectivity index (χ1v) is 23.4. The third-order valence-corrected chi connectivity index (χ3v) is 19.3. The number of ether oxygens (including phenoxy) is 3. The maximum absolute atomic E-state index is 13.9. The zero-order valence-corrected chi connectivity index (χ0v) is 34.6. The zero-order valence-electron chi connectivity index (χ0n) is 32.6. The summed E-state index contributed by atoms with van der Waals surface area (Å²) in [4.78, 5) is 26.8. The van der Waals surface area contributed by atoms with Crippen LogP contribution in [-0.2, 0) is 34.5 Å². The van der Waals surface area contributed by atoms with Gasteiger partial charge in [0.2, 0.25) is 0 Å². The van der Waals surface area contributed by atoms with Gasteiger partial charge in [0.25, 0.3) is 0 Å². The van der Waals surface area contributed by atoms with E-state index in [4.69, 9.17) is 23.1 Å². The van der Waals surface area contributed by atoms with Crippen LogP contribution >= 0.6 is 0 Å². The van der Waals surface area contributed by atoms with Crippen LogP contribution in [0.15, 0.2) is 72.4 Å². The SMILES string of the molecule is COC(=O)/C1=C/C=C/C[C@@H](C)[C@H](OCc2ccc(OC)cc2)/C=C/C=C\CC(O[Si](C)(C)C(C)(C)C)CC(O[Si](C)(C)C(C)(C)C)CC1=O. The molecule has 0 aliphatic heterocycles. The number of hydrogen-bond donors (Lipinski definition) is 0. The number of allylic oxidation sites excluding steroid dienone is 5. The lowest BCUT2D eigenvalue weighted by atomic mass is 9.99. The second-order valence-electron chi connectivity index (χ2n) is 16.2. The molecule has 0 N–H and O–H groups in total. The number of methoxy groups -OCH3 is 2. The van der Waals surface area contributed by atoms with E-state index in [1.54, 1.807) is 19.3 Å². The van der Waals surface area contributed by atoms with E-state index in [0.29, 0.717) is 25.9 Å². The van der Waals surface area contributed by atoms with Crippen LogP contribution in [0, 0.1) is 5.92 Å². The Labute approximate surface area is 299 Å². The summed E-state index contributed by atoms with van der Waals surface area (Å²) in [6.45, 7) is 24.8. The predicted molar refractivity (Wildman–Crippen MR) is 206 cm³/mol. The van der Waals surface area contributed by atoms with Crippen molar-refractivity contribution in [3.8, 4) is 5.75 Å². The van der Waals surface area contributed by atoms with Gasteiger partial charge in [-0.25, -0.2) is 4.79 Å². The fourth-order valence-electron chi connectivity index (χ4n) is 4.95. The molecule has 0 spiro atoms. The van der Waals surface area contributed by atoms with Crippen molar-refractivity contribution in [1.82, 2.24) is 0 Å². The third kappa shape index (κ3) is 13.6. The predicted octanol–water partition coefficient (Wildman–Crippen LogP) is 9.91. The fourth-order valence-corrected chi connectivity index (χ4v) is 7.69. The van der Waals surface area contributed by atoms with Crippen LogP contribution in [0.2, 0.25) is 36.3 Å². The summed E-state index contributed by atoms with van der Waals surface area (Å²) in [5.74, 6) is -0.00851. The number of carbonyl (C=O) groups is 2. The van der Waals surface area contributed by atoms with E-state index in [-0.39, 0.29) is 46.0 Å². The second kappa shape index (κ2) is 18.6. The molecule has 1 aliphatic carbocycles. The molecular weight excluding hydrogens is 649 g/mol. The van der Waals surface area contributed by atoms with Crippen LogP contribution in [-0.4, -0.2) is 60.9 Å². The first kappa shape index (κ1) is 42.6. The lowest BCUT2D eigenvalue weighted by molar-refractivity contribution is -0.138. The highest BCUT2D eigenvalue weighted by atomic mass is 28.4. The van der Waals surface area contributed by atoms with Gasteiger partial charge in [-0.1, -0.05) is 97.1 Å². The summed E-state index contributed by atoms with van der Waals surface area (Å²) >= 11 is 0. The minimum atomic E-state index is -2.28. The van der Waals surface area contributed by atoms with Crippen LogP contribution in [0.5, 0.6) is 5.75 Å². The largest absolute Gasteiger partial charge is 0.497 e. The summed E-state index contributed by atoms with van der Waals surface area (Å²) < 4.78 is 30.7. The van der Waals surface area contributed by atoms with Crippen LogP contribution in [0.1, 0.15) is 79.7 Å². The molecule has 7 nitrogen and oxygen atoms in total. The number of ketones is 1. The van der Waals surface area contributed by atoms with Crippen molar-refractivity contribution in [3.05, 3.63) is 77.9 Å². The molecule has 0 heterocycles. The smallest absolute Gasteiger partial charge is 0.341 e. The molecule has 1 aromatic carbocycles. The van der Waals surface area contributed by atoms with Gasteiger partial charge in [-0.05, 0) is 85.2 Å². The van der Waals surface area contributed by atoms with E-state index >= 15 is 0 Å². The molecule has 0 amide bonds. The highest BCUT2D eigenvalue weighted by Gasteiger charge is 2.42. The molecule has 0 aromatic heterocycles. The number of benzene rings is 1. The van der Waals surface area contributed by atoms with Crippen molar-refractivity contribution >= 4 is 28.4 Å². The van der Waals surface area contributed by atoms with E-state index in [2.05, 4.69) is 99.0 Å². The molecular formula is C40H64O7Si2. The Morgan fingerprint density at radius 1 is 0.816 bits per heavy atom.